The van der Waals surface area contributed by atoms with Crippen molar-refractivity contribution in [1.29, 1.82) is 0 Å². The Kier molecular flexibility index (Phi) is 7.86. The molecule has 35 heavy (non-hydrogen) atoms. The van der Waals surface area contributed by atoms with Gasteiger partial charge in [-0.1, -0.05) is 47.5 Å². The minimum atomic E-state index is -3.84. The molecule has 0 amide bonds. The standard InChI is InChI=1S/C27H26Cl2O5S/c1-19(30)27(10-13-33-14-11-27)35(31,32)26-7-5-25(6-8-26)34-12-9-20-3-2-4-21(15-20)22-16-23(28)18-24(29)17-22/h2-8,15-18H,9-14H2,1H3. The Balaban J connectivity index is 1.42. The van der Waals surface area contributed by atoms with Gasteiger partial charge in [0.15, 0.2) is 15.6 Å². The second-order valence-corrected chi connectivity index (χ2v) is 11.7. The summed E-state index contributed by atoms with van der Waals surface area (Å²) in [6.45, 7) is 2.27. The first kappa shape index (κ1) is 25.7. The lowest BCUT2D eigenvalue weighted by Gasteiger charge is -2.34. The molecular formula is C27H26Cl2O5S. The van der Waals surface area contributed by atoms with Gasteiger partial charge in [-0.25, -0.2) is 8.42 Å². The Labute approximate surface area is 215 Å². The minimum Gasteiger partial charge on any atom is -0.493 e. The smallest absolute Gasteiger partial charge is 0.191 e. The SMILES string of the molecule is CC(=O)C1(S(=O)(=O)c2ccc(OCCc3cccc(-c4cc(Cl)cc(Cl)c4)c3)cc2)CCOCC1. The van der Waals surface area contributed by atoms with E-state index in [2.05, 4.69) is 6.07 Å². The Morgan fingerprint density at radius 3 is 2.23 bits per heavy atom. The van der Waals surface area contributed by atoms with Gasteiger partial charge < -0.3 is 9.47 Å². The van der Waals surface area contributed by atoms with Crippen LogP contribution in [0, 0.1) is 0 Å². The van der Waals surface area contributed by atoms with Gasteiger partial charge in [0.1, 0.15) is 10.5 Å². The molecule has 3 aromatic carbocycles. The zero-order valence-corrected chi connectivity index (χ0v) is 21.6. The topological polar surface area (TPSA) is 69.7 Å². The van der Waals surface area contributed by atoms with Crippen LogP contribution in [0.4, 0.5) is 0 Å². The average molecular weight is 533 g/mol. The molecule has 8 heteroatoms. The summed E-state index contributed by atoms with van der Waals surface area (Å²) in [5.74, 6) is 0.217. The van der Waals surface area contributed by atoms with Crippen molar-refractivity contribution in [3.05, 3.63) is 82.3 Å². The highest BCUT2D eigenvalue weighted by molar-refractivity contribution is 7.93. The molecule has 1 fully saturated rings. The van der Waals surface area contributed by atoms with Crippen molar-refractivity contribution < 1.29 is 22.7 Å². The Hall–Kier alpha value is -2.38. The van der Waals surface area contributed by atoms with Crippen LogP contribution in [0.15, 0.2) is 71.6 Å². The van der Waals surface area contributed by atoms with E-state index >= 15 is 0 Å². The van der Waals surface area contributed by atoms with Crippen molar-refractivity contribution in [1.82, 2.24) is 0 Å². The van der Waals surface area contributed by atoms with E-state index in [-0.39, 0.29) is 36.7 Å². The van der Waals surface area contributed by atoms with Crippen LogP contribution in [0.1, 0.15) is 25.3 Å². The van der Waals surface area contributed by atoms with Crippen molar-refractivity contribution in [2.45, 2.75) is 35.8 Å². The summed E-state index contributed by atoms with van der Waals surface area (Å²) in [5.41, 5.74) is 3.03. The summed E-state index contributed by atoms with van der Waals surface area (Å²) in [4.78, 5) is 12.5. The molecule has 0 aromatic heterocycles. The fourth-order valence-electron chi connectivity index (χ4n) is 4.37. The number of sulfone groups is 1. The number of carbonyl (C=O) groups excluding carboxylic acids is 1. The van der Waals surface area contributed by atoms with E-state index in [0.717, 1.165) is 16.7 Å². The largest absolute Gasteiger partial charge is 0.493 e. The van der Waals surface area contributed by atoms with Crippen molar-refractivity contribution >= 4 is 38.8 Å². The van der Waals surface area contributed by atoms with Crippen LogP contribution in [0.3, 0.4) is 0 Å². The van der Waals surface area contributed by atoms with E-state index in [1.54, 1.807) is 18.2 Å². The average Bonchev–Trinajstić information content (AvgIpc) is 2.84. The van der Waals surface area contributed by atoms with Crippen LogP contribution in [-0.4, -0.2) is 38.8 Å². The number of halogens is 2. The minimum absolute atomic E-state index is 0.120. The predicted octanol–water partition coefficient (Wildman–Crippen LogP) is 6.19. The molecular weight excluding hydrogens is 507 g/mol. The zero-order valence-electron chi connectivity index (χ0n) is 19.3. The Morgan fingerprint density at radius 2 is 1.60 bits per heavy atom. The number of ketones is 1. The monoisotopic (exact) mass is 532 g/mol. The van der Waals surface area contributed by atoms with Crippen molar-refractivity contribution in [2.24, 2.45) is 0 Å². The molecule has 0 saturated carbocycles. The quantitative estimate of drug-likeness (QED) is 0.345. The van der Waals surface area contributed by atoms with Gasteiger partial charge >= 0.3 is 0 Å². The summed E-state index contributed by atoms with van der Waals surface area (Å²) < 4.78 is 36.4. The third-order valence-electron chi connectivity index (χ3n) is 6.37. The van der Waals surface area contributed by atoms with E-state index in [9.17, 15) is 13.2 Å². The van der Waals surface area contributed by atoms with Crippen molar-refractivity contribution in [3.63, 3.8) is 0 Å². The highest BCUT2D eigenvalue weighted by Crippen LogP contribution is 2.36. The zero-order chi connectivity index (χ0) is 25.1. The summed E-state index contributed by atoms with van der Waals surface area (Å²) in [5, 5.41) is 1.16. The van der Waals surface area contributed by atoms with Gasteiger partial charge in [0.05, 0.1) is 11.5 Å². The molecule has 1 aliphatic heterocycles. The number of rotatable bonds is 8. The number of ether oxygens (including phenoxy) is 2. The fourth-order valence-corrected chi connectivity index (χ4v) is 6.92. The molecule has 1 heterocycles. The molecule has 0 unspecified atom stereocenters. The molecule has 0 spiro atoms. The number of hydrogen-bond donors (Lipinski definition) is 0. The highest BCUT2D eigenvalue weighted by Gasteiger charge is 2.49. The first-order valence-electron chi connectivity index (χ1n) is 11.3. The Morgan fingerprint density at radius 1 is 0.943 bits per heavy atom. The second-order valence-electron chi connectivity index (χ2n) is 8.59. The third-order valence-corrected chi connectivity index (χ3v) is 9.43. The van der Waals surface area contributed by atoms with Gasteiger partial charge in [-0.3, -0.25) is 4.79 Å². The molecule has 1 aliphatic rings. The lowest BCUT2D eigenvalue weighted by atomic mass is 9.95. The number of benzene rings is 3. The Bertz CT molecular complexity index is 1290. The summed E-state index contributed by atoms with van der Waals surface area (Å²) in [7, 11) is -3.84. The molecule has 184 valence electrons. The van der Waals surface area contributed by atoms with Crippen molar-refractivity contribution in [2.75, 3.05) is 19.8 Å². The normalized spacial score (nSPS) is 15.5. The summed E-state index contributed by atoms with van der Waals surface area (Å²) in [6, 6.07) is 19.8. The van der Waals surface area contributed by atoms with Crippen LogP contribution in [0.25, 0.3) is 11.1 Å². The van der Waals surface area contributed by atoms with Gasteiger partial charge in [0.25, 0.3) is 0 Å². The molecule has 0 aliphatic carbocycles. The van der Waals surface area contributed by atoms with Gasteiger partial charge in [0, 0.05) is 29.7 Å². The first-order chi connectivity index (χ1) is 16.7. The van der Waals surface area contributed by atoms with Gasteiger partial charge in [0.2, 0.25) is 0 Å². The first-order valence-corrected chi connectivity index (χ1v) is 13.6. The van der Waals surface area contributed by atoms with Crippen LogP contribution < -0.4 is 4.74 Å². The van der Waals surface area contributed by atoms with Gasteiger partial charge in [-0.15, -0.1) is 0 Å². The van der Waals surface area contributed by atoms with Crippen LogP contribution in [0.2, 0.25) is 10.0 Å². The molecule has 4 rings (SSSR count). The van der Waals surface area contributed by atoms with E-state index in [1.807, 2.05) is 30.3 Å². The van der Waals surface area contributed by atoms with E-state index < -0.39 is 14.6 Å². The fraction of sp³-hybridized carbons (Fsp3) is 0.296. The third kappa shape index (κ3) is 5.56. The lowest BCUT2D eigenvalue weighted by molar-refractivity contribution is -0.121. The highest BCUT2D eigenvalue weighted by atomic mass is 35.5. The van der Waals surface area contributed by atoms with Crippen LogP contribution in [0.5, 0.6) is 5.75 Å². The van der Waals surface area contributed by atoms with E-state index in [0.29, 0.717) is 28.8 Å². The summed E-state index contributed by atoms with van der Waals surface area (Å²) in [6.07, 6.45) is 1.00. The van der Waals surface area contributed by atoms with Gasteiger partial charge in [-0.2, -0.15) is 0 Å². The molecule has 1 saturated heterocycles. The maximum atomic E-state index is 13.3. The van der Waals surface area contributed by atoms with E-state index in [4.69, 9.17) is 32.7 Å². The molecule has 0 atom stereocenters. The van der Waals surface area contributed by atoms with Crippen LogP contribution >= 0.6 is 23.2 Å². The molecule has 3 aromatic rings. The number of hydrogen-bond acceptors (Lipinski definition) is 5. The second kappa shape index (κ2) is 10.7. The maximum absolute atomic E-state index is 13.3. The molecule has 0 bridgehead atoms. The molecule has 5 nitrogen and oxygen atoms in total. The lowest BCUT2D eigenvalue weighted by Crippen LogP contribution is -2.49. The maximum Gasteiger partial charge on any atom is 0.191 e. The number of Topliss-reactive ketones (excluding diaryl/α,β-unsaturated/α-hetero) is 1. The van der Waals surface area contributed by atoms with Crippen molar-refractivity contribution in [3.8, 4) is 16.9 Å². The van der Waals surface area contributed by atoms with Crippen LogP contribution in [-0.2, 0) is 25.8 Å². The predicted molar refractivity (Wildman–Crippen MR) is 138 cm³/mol. The number of carbonyl (C=O) groups is 1. The molecule has 0 N–H and O–H groups in total. The molecule has 0 radical (unpaired) electrons. The van der Waals surface area contributed by atoms with E-state index in [1.165, 1.54) is 19.1 Å². The van der Waals surface area contributed by atoms with Gasteiger partial charge in [-0.05, 0) is 78.9 Å². The summed E-state index contributed by atoms with van der Waals surface area (Å²) >= 11 is 12.3.